The Balaban J connectivity index is 1.41. The van der Waals surface area contributed by atoms with E-state index in [-0.39, 0.29) is 12.4 Å². The Kier molecular flexibility index (Phi) is 4.89. The highest BCUT2D eigenvalue weighted by Crippen LogP contribution is 2.39. The van der Waals surface area contributed by atoms with Crippen molar-refractivity contribution in [2.24, 2.45) is 5.92 Å². The molecule has 2 aliphatic rings. The molecular formula is C26H22N4O3S2. The summed E-state index contributed by atoms with van der Waals surface area (Å²) in [4.78, 5) is 16.2. The zero-order valence-corrected chi connectivity index (χ0v) is 20.7. The number of thiophene rings is 1. The van der Waals surface area contributed by atoms with Gasteiger partial charge in [-0.25, -0.2) is 8.97 Å². The van der Waals surface area contributed by atoms with Gasteiger partial charge in [-0.2, -0.15) is 0 Å². The molecule has 0 spiro atoms. The van der Waals surface area contributed by atoms with Crippen molar-refractivity contribution in [2.45, 2.75) is 37.1 Å². The molecule has 1 atom stereocenters. The van der Waals surface area contributed by atoms with Crippen molar-refractivity contribution in [3.05, 3.63) is 74.9 Å². The van der Waals surface area contributed by atoms with Crippen LogP contribution in [0.4, 0.5) is 0 Å². The number of rotatable bonds is 4. The summed E-state index contributed by atoms with van der Waals surface area (Å²) in [5, 5.41) is 10.7. The molecule has 7 rings (SSSR count). The minimum absolute atomic E-state index is 0.00882. The fraction of sp³-hybridized carbons (Fsp3) is 0.269. The summed E-state index contributed by atoms with van der Waals surface area (Å²) in [7, 11) is 0. The second-order valence-corrected chi connectivity index (χ2v) is 11.1. The van der Waals surface area contributed by atoms with Crippen LogP contribution in [0.25, 0.3) is 21.7 Å². The van der Waals surface area contributed by atoms with E-state index in [0.29, 0.717) is 17.4 Å². The van der Waals surface area contributed by atoms with E-state index in [2.05, 4.69) is 21.5 Å². The molecule has 1 aliphatic heterocycles. The van der Waals surface area contributed by atoms with E-state index in [1.54, 1.807) is 27.7 Å². The number of aromatic nitrogens is 4. The van der Waals surface area contributed by atoms with Crippen LogP contribution in [-0.4, -0.2) is 26.0 Å². The van der Waals surface area contributed by atoms with Crippen molar-refractivity contribution in [1.29, 1.82) is 0 Å². The molecule has 35 heavy (non-hydrogen) atoms. The zero-order chi connectivity index (χ0) is 23.5. The van der Waals surface area contributed by atoms with Gasteiger partial charge in [-0.3, -0.25) is 4.79 Å². The Hall–Kier alpha value is -3.30. The Labute approximate surface area is 209 Å². The molecule has 0 saturated heterocycles. The highest BCUT2D eigenvalue weighted by molar-refractivity contribution is 7.98. The molecule has 0 N–H and O–H groups in total. The van der Waals surface area contributed by atoms with Crippen LogP contribution in [0.5, 0.6) is 11.5 Å². The lowest BCUT2D eigenvalue weighted by Crippen LogP contribution is -2.22. The third kappa shape index (κ3) is 3.36. The Morgan fingerprint density at radius 2 is 1.97 bits per heavy atom. The molecule has 1 aliphatic carbocycles. The monoisotopic (exact) mass is 502 g/mol. The first-order chi connectivity index (χ1) is 17.2. The zero-order valence-electron chi connectivity index (χ0n) is 19.1. The van der Waals surface area contributed by atoms with E-state index in [4.69, 9.17) is 9.47 Å². The SMILES string of the molecule is CC1CCc2c(sc3c2c(=O)n(-c2ccccc2)c2nnc(SCc4ccc5c(c4)OCO5)n32)C1. The number of nitrogens with zero attached hydrogens (tertiary/aromatic N) is 4. The molecule has 0 radical (unpaired) electrons. The predicted molar refractivity (Wildman–Crippen MR) is 137 cm³/mol. The topological polar surface area (TPSA) is 70.7 Å². The first kappa shape index (κ1) is 21.0. The second kappa shape index (κ2) is 8.13. The van der Waals surface area contributed by atoms with Gasteiger partial charge in [0, 0.05) is 10.6 Å². The maximum absolute atomic E-state index is 13.9. The minimum Gasteiger partial charge on any atom is -0.454 e. The molecular weight excluding hydrogens is 480 g/mol. The standard InChI is InChI=1S/C26H22N4O3S2/c1-15-7-9-18-21(11-15)35-24-22(18)23(31)29(17-5-3-2-4-6-17)25-27-28-26(30(24)25)34-13-16-8-10-19-20(12-16)33-14-32-19/h2-6,8,10,12,15H,7,9,11,13-14H2,1H3. The average Bonchev–Trinajstić information content (AvgIpc) is 3.59. The summed E-state index contributed by atoms with van der Waals surface area (Å²) >= 11 is 3.34. The molecule has 1 unspecified atom stereocenters. The summed E-state index contributed by atoms with van der Waals surface area (Å²) < 4.78 is 14.8. The van der Waals surface area contributed by atoms with E-state index >= 15 is 0 Å². The molecule has 3 aromatic heterocycles. The number of hydrogen-bond acceptors (Lipinski definition) is 7. The number of fused-ring (bicyclic) bond motifs is 6. The maximum Gasteiger partial charge on any atom is 0.268 e. The first-order valence-corrected chi connectivity index (χ1v) is 13.5. The number of ether oxygens (including phenoxy) is 2. The lowest BCUT2D eigenvalue weighted by Gasteiger charge is -2.17. The quantitative estimate of drug-likeness (QED) is 0.313. The highest BCUT2D eigenvalue weighted by Gasteiger charge is 2.27. The Bertz CT molecular complexity index is 1650. The van der Waals surface area contributed by atoms with E-state index in [1.807, 2.05) is 48.5 Å². The molecule has 0 fully saturated rings. The number of thioether (sulfide) groups is 1. The number of hydrogen-bond donors (Lipinski definition) is 0. The fourth-order valence-electron chi connectivity index (χ4n) is 4.98. The Morgan fingerprint density at radius 1 is 1.11 bits per heavy atom. The summed E-state index contributed by atoms with van der Waals surface area (Å²) in [5.41, 5.74) is 3.11. The van der Waals surface area contributed by atoms with Gasteiger partial charge < -0.3 is 9.47 Å². The van der Waals surface area contributed by atoms with Crippen molar-refractivity contribution < 1.29 is 9.47 Å². The van der Waals surface area contributed by atoms with Crippen LogP contribution in [0.3, 0.4) is 0 Å². The third-order valence-electron chi connectivity index (χ3n) is 6.75. The third-order valence-corrected chi connectivity index (χ3v) is 8.99. The van der Waals surface area contributed by atoms with Crippen LogP contribution >= 0.6 is 23.1 Å². The van der Waals surface area contributed by atoms with Crippen LogP contribution in [0.15, 0.2) is 58.5 Å². The van der Waals surface area contributed by atoms with E-state index in [0.717, 1.165) is 57.4 Å². The smallest absolute Gasteiger partial charge is 0.268 e. The maximum atomic E-state index is 13.9. The van der Waals surface area contributed by atoms with Crippen molar-refractivity contribution in [1.82, 2.24) is 19.2 Å². The van der Waals surface area contributed by atoms with Gasteiger partial charge in [-0.15, -0.1) is 21.5 Å². The number of para-hydroxylation sites is 1. The van der Waals surface area contributed by atoms with Gasteiger partial charge in [0.15, 0.2) is 16.7 Å². The summed E-state index contributed by atoms with van der Waals surface area (Å²) in [5.74, 6) is 3.43. The summed E-state index contributed by atoms with van der Waals surface area (Å²) in [6, 6.07) is 15.7. The van der Waals surface area contributed by atoms with E-state index in [1.165, 1.54) is 10.4 Å². The van der Waals surface area contributed by atoms with E-state index in [9.17, 15) is 4.79 Å². The van der Waals surface area contributed by atoms with Crippen LogP contribution in [-0.2, 0) is 18.6 Å². The molecule has 2 aromatic carbocycles. The van der Waals surface area contributed by atoms with Gasteiger partial charge in [0.1, 0.15) is 4.83 Å². The lowest BCUT2D eigenvalue weighted by atomic mass is 9.89. The second-order valence-electron chi connectivity index (χ2n) is 9.10. The van der Waals surface area contributed by atoms with Crippen molar-refractivity contribution in [3.8, 4) is 17.2 Å². The molecule has 7 nitrogen and oxygen atoms in total. The van der Waals surface area contributed by atoms with Gasteiger partial charge in [-0.1, -0.05) is 43.0 Å². The summed E-state index contributed by atoms with van der Waals surface area (Å²) in [6.07, 6.45) is 3.06. The molecule has 0 saturated carbocycles. The van der Waals surface area contributed by atoms with Crippen LogP contribution in [0.2, 0.25) is 0 Å². The van der Waals surface area contributed by atoms with Gasteiger partial charge in [0.25, 0.3) is 5.56 Å². The Morgan fingerprint density at radius 3 is 2.86 bits per heavy atom. The lowest BCUT2D eigenvalue weighted by molar-refractivity contribution is 0.174. The number of aryl methyl sites for hydroxylation is 1. The predicted octanol–water partition coefficient (Wildman–Crippen LogP) is 5.24. The van der Waals surface area contributed by atoms with Crippen LogP contribution in [0, 0.1) is 5.92 Å². The first-order valence-electron chi connectivity index (χ1n) is 11.7. The molecule has 5 aromatic rings. The van der Waals surface area contributed by atoms with Crippen LogP contribution < -0.4 is 15.0 Å². The minimum atomic E-state index is -0.00882. The number of benzene rings is 2. The van der Waals surface area contributed by atoms with E-state index < -0.39 is 0 Å². The summed E-state index contributed by atoms with van der Waals surface area (Å²) in [6.45, 7) is 2.55. The van der Waals surface area contributed by atoms with Gasteiger partial charge in [-0.05, 0) is 60.6 Å². The normalized spacial score (nSPS) is 16.8. The van der Waals surface area contributed by atoms with Crippen molar-refractivity contribution in [2.75, 3.05) is 6.79 Å². The highest BCUT2D eigenvalue weighted by atomic mass is 32.2. The van der Waals surface area contributed by atoms with Crippen molar-refractivity contribution >= 4 is 39.1 Å². The fourth-order valence-corrected chi connectivity index (χ4v) is 7.42. The average molecular weight is 503 g/mol. The van der Waals surface area contributed by atoms with Crippen molar-refractivity contribution in [3.63, 3.8) is 0 Å². The largest absolute Gasteiger partial charge is 0.454 e. The van der Waals surface area contributed by atoms with Crippen LogP contribution in [0.1, 0.15) is 29.3 Å². The molecule has 0 bridgehead atoms. The van der Waals surface area contributed by atoms with Gasteiger partial charge in [0.05, 0.1) is 11.1 Å². The van der Waals surface area contributed by atoms with Gasteiger partial charge in [0.2, 0.25) is 12.6 Å². The molecule has 0 amide bonds. The molecule has 4 heterocycles. The van der Waals surface area contributed by atoms with Gasteiger partial charge >= 0.3 is 0 Å². The molecule has 176 valence electrons. The molecule has 9 heteroatoms.